The zero-order chi connectivity index (χ0) is 17.4. The second-order valence-electron chi connectivity index (χ2n) is 5.13. The number of nitrogens with zero attached hydrogens (tertiary/aromatic N) is 3. The number of guanidine groups is 1. The average molecular weight is 465 g/mol. The maximum absolute atomic E-state index is 13.4. The first-order chi connectivity index (χ1) is 11.6. The Morgan fingerprint density at radius 3 is 2.68 bits per heavy atom. The smallest absolute Gasteiger partial charge is 0.191 e. The molecule has 0 radical (unpaired) electrons. The van der Waals surface area contributed by atoms with Gasteiger partial charge in [-0.15, -0.1) is 24.0 Å². The number of ether oxygens (including phenoxy) is 1. The van der Waals surface area contributed by atoms with Gasteiger partial charge in [-0.2, -0.15) is 5.10 Å². The van der Waals surface area contributed by atoms with E-state index in [4.69, 9.17) is 4.74 Å². The minimum Gasteiger partial charge on any atom is -0.489 e. The van der Waals surface area contributed by atoms with Crippen molar-refractivity contribution in [1.29, 1.82) is 0 Å². The molecule has 0 bridgehead atoms. The summed E-state index contributed by atoms with van der Waals surface area (Å²) in [4.78, 5) is 4.08. The number of rotatable bonds is 7. The van der Waals surface area contributed by atoms with Crippen molar-refractivity contribution in [1.82, 2.24) is 20.4 Å². The van der Waals surface area contributed by atoms with Gasteiger partial charge in [-0.1, -0.05) is 0 Å². The van der Waals surface area contributed by atoms with Crippen LogP contribution in [-0.2, 0) is 6.54 Å². The summed E-state index contributed by atoms with van der Waals surface area (Å²) < 4.78 is 33.3. The van der Waals surface area contributed by atoms with Gasteiger partial charge < -0.3 is 15.4 Å². The number of nitrogens with one attached hydrogen (secondary N) is 2. The molecule has 0 saturated heterocycles. The second kappa shape index (κ2) is 10.9. The predicted octanol–water partition coefficient (Wildman–Crippen LogP) is 2.33. The zero-order valence-electron chi connectivity index (χ0n) is 14.1. The molecular formula is C16H22F2IN5O. The van der Waals surface area contributed by atoms with Crippen molar-refractivity contribution in [2.75, 3.05) is 26.7 Å². The average Bonchev–Trinajstić information content (AvgIpc) is 2.96. The van der Waals surface area contributed by atoms with Gasteiger partial charge in [-0.3, -0.25) is 9.67 Å². The molecule has 6 nitrogen and oxygen atoms in total. The molecule has 0 aliphatic heterocycles. The SMILES string of the molecule is CN=C(NCCOc1ccc(F)cc1F)NCCn1cc(C)cn1.I. The highest BCUT2D eigenvalue weighted by Gasteiger charge is 2.04. The molecule has 0 fully saturated rings. The number of aryl methyl sites for hydroxylation is 1. The molecule has 2 N–H and O–H groups in total. The Balaban J connectivity index is 0.00000312. The van der Waals surface area contributed by atoms with Crippen LogP contribution < -0.4 is 15.4 Å². The van der Waals surface area contributed by atoms with Crippen molar-refractivity contribution in [3.63, 3.8) is 0 Å². The van der Waals surface area contributed by atoms with Crippen LogP contribution in [0, 0.1) is 18.6 Å². The molecule has 0 unspecified atom stereocenters. The normalized spacial score (nSPS) is 11.0. The lowest BCUT2D eigenvalue weighted by molar-refractivity contribution is 0.304. The monoisotopic (exact) mass is 465 g/mol. The lowest BCUT2D eigenvalue weighted by atomic mass is 10.3. The third kappa shape index (κ3) is 7.24. The number of hydrogen-bond acceptors (Lipinski definition) is 3. The van der Waals surface area contributed by atoms with Crippen LogP contribution in [0.25, 0.3) is 0 Å². The third-order valence-electron chi connectivity index (χ3n) is 3.17. The molecule has 0 aliphatic carbocycles. The Hall–Kier alpha value is -1.91. The highest BCUT2D eigenvalue weighted by atomic mass is 127. The van der Waals surface area contributed by atoms with Gasteiger partial charge in [0, 0.05) is 25.9 Å². The fourth-order valence-corrected chi connectivity index (χ4v) is 2.02. The van der Waals surface area contributed by atoms with Crippen LogP contribution in [-0.4, -0.2) is 42.5 Å². The summed E-state index contributed by atoms with van der Waals surface area (Å²) in [5.41, 5.74) is 1.11. The number of aromatic nitrogens is 2. The summed E-state index contributed by atoms with van der Waals surface area (Å²) in [5, 5.41) is 10.4. The van der Waals surface area contributed by atoms with Crippen LogP contribution >= 0.6 is 24.0 Å². The second-order valence-corrected chi connectivity index (χ2v) is 5.13. The quantitative estimate of drug-likeness (QED) is 0.285. The highest BCUT2D eigenvalue weighted by Crippen LogP contribution is 2.17. The molecule has 0 spiro atoms. The van der Waals surface area contributed by atoms with Gasteiger partial charge in [0.25, 0.3) is 0 Å². The van der Waals surface area contributed by atoms with Gasteiger partial charge in [0.2, 0.25) is 0 Å². The van der Waals surface area contributed by atoms with E-state index in [0.717, 1.165) is 17.7 Å². The van der Waals surface area contributed by atoms with Crippen molar-refractivity contribution in [2.45, 2.75) is 13.5 Å². The predicted molar refractivity (Wildman–Crippen MR) is 104 cm³/mol. The van der Waals surface area contributed by atoms with Crippen LogP contribution in [0.3, 0.4) is 0 Å². The Morgan fingerprint density at radius 2 is 2.04 bits per heavy atom. The maximum Gasteiger partial charge on any atom is 0.191 e. The molecule has 0 aliphatic rings. The summed E-state index contributed by atoms with van der Waals surface area (Å²) in [6, 6.07) is 3.22. The van der Waals surface area contributed by atoms with Crippen molar-refractivity contribution in [3.05, 3.63) is 47.8 Å². The molecule has 9 heteroatoms. The van der Waals surface area contributed by atoms with E-state index < -0.39 is 11.6 Å². The lowest BCUT2D eigenvalue weighted by Gasteiger charge is -2.12. The maximum atomic E-state index is 13.4. The van der Waals surface area contributed by atoms with E-state index >= 15 is 0 Å². The van der Waals surface area contributed by atoms with Gasteiger partial charge in [0.05, 0.1) is 19.3 Å². The van der Waals surface area contributed by atoms with E-state index in [2.05, 4.69) is 20.7 Å². The minimum absolute atomic E-state index is 0. The molecule has 0 saturated carbocycles. The number of hydrogen-bond donors (Lipinski definition) is 2. The van der Waals surface area contributed by atoms with Gasteiger partial charge in [0.15, 0.2) is 17.5 Å². The standard InChI is InChI=1S/C16H21F2N5O.HI/c1-12-10-22-23(11-12)7-5-20-16(19-2)21-6-8-24-15-4-3-13(17)9-14(15)18;/h3-4,9-11H,5-8H2,1-2H3,(H2,19,20,21);1H. The summed E-state index contributed by atoms with van der Waals surface area (Å²) in [5.74, 6) is -0.709. The first-order valence-corrected chi connectivity index (χ1v) is 7.60. The third-order valence-corrected chi connectivity index (χ3v) is 3.17. The first kappa shape index (κ1) is 21.1. The van der Waals surface area contributed by atoms with Crippen LogP contribution in [0.2, 0.25) is 0 Å². The molecule has 2 aromatic rings. The summed E-state index contributed by atoms with van der Waals surface area (Å²) >= 11 is 0. The number of halogens is 3. The molecule has 2 rings (SSSR count). The van der Waals surface area contributed by atoms with Crippen LogP contribution in [0.15, 0.2) is 35.6 Å². The van der Waals surface area contributed by atoms with Crippen LogP contribution in [0.1, 0.15) is 5.56 Å². The van der Waals surface area contributed by atoms with Crippen LogP contribution in [0.4, 0.5) is 8.78 Å². The van der Waals surface area contributed by atoms with E-state index in [1.807, 2.05) is 17.8 Å². The van der Waals surface area contributed by atoms with Gasteiger partial charge in [-0.25, -0.2) is 8.78 Å². The van der Waals surface area contributed by atoms with E-state index in [1.165, 1.54) is 6.07 Å². The van der Waals surface area contributed by atoms with Crippen LogP contribution in [0.5, 0.6) is 5.75 Å². The number of aliphatic imine (C=N–C) groups is 1. The van der Waals surface area contributed by atoms with Crippen molar-refractivity contribution >= 4 is 29.9 Å². The topological polar surface area (TPSA) is 63.5 Å². The molecule has 1 aromatic carbocycles. The molecular weight excluding hydrogens is 443 g/mol. The lowest BCUT2D eigenvalue weighted by Crippen LogP contribution is -2.40. The fourth-order valence-electron chi connectivity index (χ4n) is 2.02. The first-order valence-electron chi connectivity index (χ1n) is 7.60. The van der Waals surface area contributed by atoms with E-state index in [0.29, 0.717) is 25.6 Å². The largest absolute Gasteiger partial charge is 0.489 e. The van der Waals surface area contributed by atoms with E-state index in [9.17, 15) is 8.78 Å². The molecule has 0 amide bonds. The fraction of sp³-hybridized carbons (Fsp3) is 0.375. The van der Waals surface area contributed by atoms with Crippen molar-refractivity contribution < 1.29 is 13.5 Å². The Morgan fingerprint density at radius 1 is 1.28 bits per heavy atom. The zero-order valence-corrected chi connectivity index (χ0v) is 16.5. The molecule has 25 heavy (non-hydrogen) atoms. The Bertz CT molecular complexity index is 693. The van der Waals surface area contributed by atoms with E-state index in [-0.39, 0.29) is 36.3 Å². The molecule has 1 heterocycles. The van der Waals surface area contributed by atoms with Gasteiger partial charge >= 0.3 is 0 Å². The summed E-state index contributed by atoms with van der Waals surface area (Å²) in [6.45, 7) is 4.01. The Labute approximate surface area is 162 Å². The van der Waals surface area contributed by atoms with Crippen molar-refractivity contribution in [3.8, 4) is 5.75 Å². The molecule has 138 valence electrons. The van der Waals surface area contributed by atoms with Crippen molar-refractivity contribution in [2.24, 2.45) is 4.99 Å². The molecule has 1 aromatic heterocycles. The van der Waals surface area contributed by atoms with E-state index in [1.54, 1.807) is 13.2 Å². The summed E-state index contributed by atoms with van der Waals surface area (Å²) in [7, 11) is 1.66. The van der Waals surface area contributed by atoms with Gasteiger partial charge in [0.1, 0.15) is 12.4 Å². The highest BCUT2D eigenvalue weighted by molar-refractivity contribution is 14.0. The van der Waals surface area contributed by atoms with Gasteiger partial charge in [-0.05, 0) is 24.6 Å². The minimum atomic E-state index is -0.716. The number of benzene rings is 1. The summed E-state index contributed by atoms with van der Waals surface area (Å²) in [6.07, 6.45) is 3.77. The molecule has 0 atom stereocenters. The Kier molecular flexibility index (Phi) is 9.17.